The topological polar surface area (TPSA) is 9.23 Å². The highest BCUT2D eigenvalue weighted by Crippen LogP contribution is 2.45. The van der Waals surface area contributed by atoms with Crippen LogP contribution in [0.2, 0.25) is 0 Å². The van der Waals surface area contributed by atoms with Crippen molar-refractivity contribution in [1.82, 2.24) is 0 Å². The van der Waals surface area contributed by atoms with Crippen molar-refractivity contribution in [2.75, 3.05) is 0 Å². The molecule has 1 aliphatic rings. The van der Waals surface area contributed by atoms with Crippen LogP contribution in [0, 0.1) is 11.7 Å². The van der Waals surface area contributed by atoms with Crippen LogP contribution in [0.15, 0.2) is 54.6 Å². The van der Waals surface area contributed by atoms with Gasteiger partial charge in [-0.3, -0.25) is 0 Å². The lowest BCUT2D eigenvalue weighted by atomic mass is 9.69. The minimum absolute atomic E-state index is 0.0423. The number of halogens is 4. The summed E-state index contributed by atoms with van der Waals surface area (Å²) in [5.74, 6) is -1.48. The molecule has 2 atom stereocenters. The highest BCUT2D eigenvalue weighted by molar-refractivity contribution is 5.87. The Morgan fingerprint density at radius 3 is 2.57 bits per heavy atom. The zero-order valence-corrected chi connectivity index (χ0v) is 16.8. The van der Waals surface area contributed by atoms with E-state index in [2.05, 4.69) is 35.9 Å². The van der Waals surface area contributed by atoms with Crippen molar-refractivity contribution in [3.8, 4) is 5.75 Å². The number of benzene rings is 3. The lowest BCUT2D eigenvalue weighted by molar-refractivity contribution is -0.275. The average Bonchev–Trinajstić information content (AvgIpc) is 2.72. The summed E-state index contributed by atoms with van der Waals surface area (Å²) < 4.78 is 55.9. The molecule has 0 saturated carbocycles. The average molecular weight is 416 g/mol. The normalized spacial score (nSPS) is 19.0. The first-order chi connectivity index (χ1) is 14.4. The third kappa shape index (κ3) is 4.16. The van der Waals surface area contributed by atoms with Gasteiger partial charge in [-0.25, -0.2) is 4.39 Å². The molecule has 0 heterocycles. The van der Waals surface area contributed by atoms with Crippen molar-refractivity contribution in [1.29, 1.82) is 0 Å². The highest BCUT2D eigenvalue weighted by atomic mass is 19.4. The number of fused-ring (bicyclic) bond motifs is 3. The zero-order valence-electron chi connectivity index (χ0n) is 16.8. The molecule has 0 saturated heterocycles. The van der Waals surface area contributed by atoms with Crippen LogP contribution in [0.5, 0.6) is 5.75 Å². The Balaban J connectivity index is 1.79. The maximum Gasteiger partial charge on any atom is 0.573 e. The molecule has 3 aromatic rings. The Kier molecular flexibility index (Phi) is 5.72. The van der Waals surface area contributed by atoms with E-state index in [1.807, 2.05) is 12.1 Å². The second-order valence-electron chi connectivity index (χ2n) is 8.01. The fourth-order valence-corrected chi connectivity index (χ4v) is 4.82. The van der Waals surface area contributed by atoms with Gasteiger partial charge in [0.15, 0.2) is 11.6 Å². The molecule has 0 bridgehead atoms. The summed E-state index contributed by atoms with van der Waals surface area (Å²) >= 11 is 0. The van der Waals surface area contributed by atoms with Crippen LogP contribution >= 0.6 is 0 Å². The number of aryl methyl sites for hydroxylation is 1. The summed E-state index contributed by atoms with van der Waals surface area (Å²) in [6.45, 7) is 2.14. The summed E-state index contributed by atoms with van der Waals surface area (Å²) in [6.07, 6.45) is 0.175. The maximum atomic E-state index is 14.5. The zero-order chi connectivity index (χ0) is 21.3. The second-order valence-corrected chi connectivity index (χ2v) is 8.01. The second kappa shape index (κ2) is 8.29. The molecule has 0 radical (unpaired) electrons. The van der Waals surface area contributed by atoms with E-state index in [0.29, 0.717) is 11.5 Å². The van der Waals surface area contributed by atoms with Crippen LogP contribution in [0.25, 0.3) is 10.8 Å². The van der Waals surface area contributed by atoms with Crippen LogP contribution in [0.4, 0.5) is 17.6 Å². The van der Waals surface area contributed by atoms with E-state index in [1.54, 1.807) is 6.07 Å². The van der Waals surface area contributed by atoms with Crippen molar-refractivity contribution in [2.45, 2.75) is 51.3 Å². The van der Waals surface area contributed by atoms with Crippen LogP contribution < -0.4 is 4.74 Å². The Labute approximate surface area is 173 Å². The molecule has 1 aliphatic carbocycles. The summed E-state index contributed by atoms with van der Waals surface area (Å²) in [4.78, 5) is 0. The van der Waals surface area contributed by atoms with Crippen LogP contribution in [-0.4, -0.2) is 6.36 Å². The number of alkyl halides is 3. The van der Waals surface area contributed by atoms with Crippen molar-refractivity contribution >= 4 is 10.8 Å². The van der Waals surface area contributed by atoms with E-state index >= 15 is 0 Å². The van der Waals surface area contributed by atoms with Gasteiger partial charge in [0.05, 0.1) is 0 Å². The van der Waals surface area contributed by atoms with Gasteiger partial charge in [-0.2, -0.15) is 0 Å². The Hall–Kier alpha value is -2.56. The van der Waals surface area contributed by atoms with Gasteiger partial charge in [0, 0.05) is 5.92 Å². The molecule has 0 aromatic heterocycles. The van der Waals surface area contributed by atoms with Gasteiger partial charge in [-0.1, -0.05) is 62.2 Å². The predicted molar refractivity (Wildman–Crippen MR) is 110 cm³/mol. The fraction of sp³-hybridized carbons (Fsp3) is 0.360. The molecule has 30 heavy (non-hydrogen) atoms. The lowest BCUT2D eigenvalue weighted by Crippen LogP contribution is -2.23. The summed E-state index contributed by atoms with van der Waals surface area (Å²) in [6, 6.07) is 16.3. The van der Waals surface area contributed by atoms with Crippen molar-refractivity contribution in [3.05, 3.63) is 77.1 Å². The minimum Gasteiger partial charge on any atom is -0.403 e. The number of rotatable bonds is 5. The highest BCUT2D eigenvalue weighted by Gasteiger charge is 2.34. The maximum absolute atomic E-state index is 14.5. The smallest absolute Gasteiger partial charge is 0.403 e. The molecule has 4 rings (SSSR count). The number of hydrogen-bond acceptors (Lipinski definition) is 1. The molecule has 1 nitrogen and oxygen atoms in total. The number of unbranched alkanes of at least 4 members (excludes halogenated alkanes) is 1. The molecule has 0 fully saturated rings. The molecule has 5 heteroatoms. The molecule has 0 amide bonds. The van der Waals surface area contributed by atoms with Gasteiger partial charge in [0.25, 0.3) is 0 Å². The van der Waals surface area contributed by atoms with E-state index in [4.69, 9.17) is 0 Å². The van der Waals surface area contributed by atoms with Gasteiger partial charge < -0.3 is 4.74 Å². The van der Waals surface area contributed by atoms with Gasteiger partial charge in [-0.15, -0.1) is 13.2 Å². The predicted octanol–water partition coefficient (Wildman–Crippen LogP) is 7.76. The number of ether oxygens (including phenoxy) is 1. The summed E-state index contributed by atoms with van der Waals surface area (Å²) in [7, 11) is 0. The summed E-state index contributed by atoms with van der Waals surface area (Å²) in [5, 5.41) is 2.37. The van der Waals surface area contributed by atoms with Crippen molar-refractivity contribution in [2.24, 2.45) is 5.92 Å². The van der Waals surface area contributed by atoms with Crippen LogP contribution in [0.1, 0.15) is 55.2 Å². The number of hydrogen-bond donors (Lipinski definition) is 0. The molecule has 0 spiro atoms. The van der Waals surface area contributed by atoms with Crippen LogP contribution in [-0.2, 0) is 6.42 Å². The SMILES string of the molecule is CCCC[C@@H]1CCc2c(ccc3ccccc23)[C@H]1c1ccc(OC(F)(F)F)c(F)c1. The Morgan fingerprint density at radius 2 is 1.83 bits per heavy atom. The van der Waals surface area contributed by atoms with E-state index in [1.165, 1.54) is 22.4 Å². The minimum atomic E-state index is -4.91. The van der Waals surface area contributed by atoms with Gasteiger partial charge in [0.2, 0.25) is 0 Å². The molecule has 0 unspecified atom stereocenters. The monoisotopic (exact) mass is 416 g/mol. The largest absolute Gasteiger partial charge is 0.573 e. The standard InChI is InChI=1S/C25H24F4O/c1-2-3-6-17-10-12-20-19-8-5-4-7-16(19)9-13-21(20)24(17)18-11-14-23(22(26)15-18)30-25(27,28)29/h4-5,7-9,11,13-15,17,24H,2-3,6,10,12H2,1H3/t17-,24-/m1/s1. The van der Waals surface area contributed by atoms with Crippen molar-refractivity contribution in [3.63, 3.8) is 0 Å². The first-order valence-electron chi connectivity index (χ1n) is 10.4. The molecular formula is C25H24F4O. The van der Waals surface area contributed by atoms with Crippen molar-refractivity contribution < 1.29 is 22.3 Å². The van der Waals surface area contributed by atoms with Gasteiger partial charge in [-0.05, 0) is 64.8 Å². The Morgan fingerprint density at radius 1 is 1.03 bits per heavy atom. The quantitative estimate of drug-likeness (QED) is 0.386. The van der Waals surface area contributed by atoms with Gasteiger partial charge in [0.1, 0.15) is 0 Å². The van der Waals surface area contributed by atoms with E-state index in [9.17, 15) is 17.6 Å². The van der Waals surface area contributed by atoms with Crippen LogP contribution in [0.3, 0.4) is 0 Å². The molecule has 3 aromatic carbocycles. The molecule has 0 N–H and O–H groups in total. The lowest BCUT2D eigenvalue weighted by Gasteiger charge is -2.35. The first-order valence-corrected chi connectivity index (χ1v) is 10.4. The molecular weight excluding hydrogens is 392 g/mol. The molecule has 158 valence electrons. The van der Waals surface area contributed by atoms with Gasteiger partial charge >= 0.3 is 6.36 Å². The third-order valence-corrected chi connectivity index (χ3v) is 6.12. The first kappa shape index (κ1) is 20.7. The van der Waals surface area contributed by atoms with E-state index in [0.717, 1.165) is 43.7 Å². The van der Waals surface area contributed by atoms with E-state index < -0.39 is 17.9 Å². The summed E-state index contributed by atoms with van der Waals surface area (Å²) in [5.41, 5.74) is 3.13. The molecule has 0 aliphatic heterocycles. The fourth-order valence-electron chi connectivity index (χ4n) is 4.82. The van der Waals surface area contributed by atoms with E-state index in [-0.39, 0.29) is 5.92 Å². The third-order valence-electron chi connectivity index (χ3n) is 6.12. The Bertz CT molecular complexity index is 1040.